The molecule has 1 amide bonds. The van der Waals surface area contributed by atoms with E-state index in [2.05, 4.69) is 10.2 Å². The van der Waals surface area contributed by atoms with Crippen LogP contribution in [0, 0.1) is 6.92 Å². The van der Waals surface area contributed by atoms with E-state index >= 15 is 0 Å². The molecule has 0 aliphatic carbocycles. The van der Waals surface area contributed by atoms with Gasteiger partial charge in [-0.1, -0.05) is 18.2 Å². The summed E-state index contributed by atoms with van der Waals surface area (Å²) in [7, 11) is 0. The average Bonchev–Trinajstić information content (AvgIpc) is 2.99. The number of nitrogens with one attached hydrogen (secondary N) is 2. The number of carbonyl (C=O) groups excluding carboxylic acids is 2. The van der Waals surface area contributed by atoms with Crippen LogP contribution in [0.25, 0.3) is 0 Å². The summed E-state index contributed by atoms with van der Waals surface area (Å²) in [5.41, 5.74) is -1.84. The molecule has 8 nitrogen and oxygen atoms in total. The maximum atomic E-state index is 12.9. The quantitative estimate of drug-likeness (QED) is 0.690. The molecule has 1 aromatic heterocycles. The summed E-state index contributed by atoms with van der Waals surface area (Å²) in [5.74, 6) is -1.35. The monoisotopic (exact) mass is 331 g/mol. The molecule has 0 spiro atoms. The highest BCUT2D eigenvalue weighted by Gasteiger charge is 2.54. The summed E-state index contributed by atoms with van der Waals surface area (Å²) in [6.07, 6.45) is 0. The van der Waals surface area contributed by atoms with Gasteiger partial charge >= 0.3 is 5.97 Å². The first-order valence-electron chi connectivity index (χ1n) is 7.48. The SMILES string of the molecule is CCOC(=O)CN1C(=O)C(O)(c2c(C)[nH][nH]c2=O)c2ccccc21. The van der Waals surface area contributed by atoms with Gasteiger partial charge in [0.25, 0.3) is 11.5 Å². The Bertz CT molecular complexity index is 869. The molecule has 8 heteroatoms. The van der Waals surface area contributed by atoms with Gasteiger partial charge < -0.3 is 14.9 Å². The van der Waals surface area contributed by atoms with Crippen LogP contribution in [0.1, 0.15) is 23.7 Å². The van der Waals surface area contributed by atoms with Gasteiger partial charge in [-0.15, -0.1) is 0 Å². The van der Waals surface area contributed by atoms with Crippen LogP contribution in [0.5, 0.6) is 0 Å². The van der Waals surface area contributed by atoms with Gasteiger partial charge in [-0.2, -0.15) is 0 Å². The minimum absolute atomic E-state index is 0.0775. The van der Waals surface area contributed by atoms with Crippen molar-refractivity contribution in [2.75, 3.05) is 18.1 Å². The summed E-state index contributed by atoms with van der Waals surface area (Å²) >= 11 is 0. The molecule has 2 heterocycles. The van der Waals surface area contributed by atoms with Gasteiger partial charge in [0.2, 0.25) is 5.60 Å². The second-order valence-electron chi connectivity index (χ2n) is 5.50. The lowest BCUT2D eigenvalue weighted by Gasteiger charge is -2.22. The van der Waals surface area contributed by atoms with Crippen molar-refractivity contribution in [3.63, 3.8) is 0 Å². The Kier molecular flexibility index (Phi) is 3.76. The standard InChI is InChI=1S/C16H17N3O5/c1-3-24-12(20)8-19-11-7-5-4-6-10(11)16(23,15(19)22)13-9(2)17-18-14(13)21/h4-7,23H,3,8H2,1-2H3,(H2,17,18,21). The van der Waals surface area contributed by atoms with E-state index in [0.29, 0.717) is 11.4 Å². The molecule has 1 aliphatic rings. The highest BCUT2D eigenvalue weighted by atomic mass is 16.5. The fourth-order valence-electron chi connectivity index (χ4n) is 3.05. The lowest BCUT2D eigenvalue weighted by atomic mass is 9.88. The van der Waals surface area contributed by atoms with Gasteiger partial charge in [-0.05, 0) is 19.9 Å². The number of rotatable bonds is 4. The lowest BCUT2D eigenvalue weighted by molar-refractivity contribution is -0.143. The van der Waals surface area contributed by atoms with Crippen molar-refractivity contribution in [3.05, 3.63) is 51.4 Å². The van der Waals surface area contributed by atoms with Crippen molar-refractivity contribution < 1.29 is 19.4 Å². The molecular formula is C16H17N3O5. The Labute approximate surface area is 137 Å². The number of amides is 1. The van der Waals surface area contributed by atoms with Crippen LogP contribution in [0.3, 0.4) is 0 Å². The van der Waals surface area contributed by atoms with Crippen LogP contribution in [0.4, 0.5) is 5.69 Å². The average molecular weight is 331 g/mol. The molecule has 1 atom stereocenters. The zero-order chi connectivity index (χ0) is 17.5. The molecule has 0 bridgehead atoms. The Morgan fingerprint density at radius 1 is 1.29 bits per heavy atom. The number of aryl methyl sites for hydroxylation is 1. The molecule has 1 aliphatic heterocycles. The van der Waals surface area contributed by atoms with Crippen molar-refractivity contribution in [2.45, 2.75) is 19.4 Å². The number of carbonyl (C=O) groups is 2. The van der Waals surface area contributed by atoms with E-state index in [1.165, 1.54) is 0 Å². The van der Waals surface area contributed by atoms with Gasteiger partial charge in [0, 0.05) is 11.3 Å². The third kappa shape index (κ3) is 2.15. The number of para-hydroxylation sites is 1. The first-order chi connectivity index (χ1) is 11.4. The largest absolute Gasteiger partial charge is 0.465 e. The highest BCUT2D eigenvalue weighted by Crippen LogP contribution is 2.43. The van der Waals surface area contributed by atoms with Gasteiger partial charge in [-0.3, -0.25) is 24.4 Å². The number of hydrogen-bond donors (Lipinski definition) is 3. The number of esters is 1. The predicted molar refractivity (Wildman–Crippen MR) is 84.6 cm³/mol. The van der Waals surface area contributed by atoms with Crippen LogP contribution >= 0.6 is 0 Å². The minimum atomic E-state index is -2.15. The molecule has 0 saturated carbocycles. The van der Waals surface area contributed by atoms with Crippen LogP contribution in [0.15, 0.2) is 29.1 Å². The van der Waals surface area contributed by atoms with E-state index in [1.807, 2.05) is 0 Å². The summed E-state index contributed by atoms with van der Waals surface area (Å²) in [6.45, 7) is 3.09. The smallest absolute Gasteiger partial charge is 0.326 e. The number of benzene rings is 1. The first kappa shape index (κ1) is 16.0. The maximum absolute atomic E-state index is 12.9. The number of aromatic nitrogens is 2. The van der Waals surface area contributed by atoms with Crippen molar-refractivity contribution in [1.82, 2.24) is 10.2 Å². The maximum Gasteiger partial charge on any atom is 0.326 e. The van der Waals surface area contributed by atoms with Gasteiger partial charge in [0.05, 0.1) is 17.9 Å². The molecule has 126 valence electrons. The summed E-state index contributed by atoms with van der Waals surface area (Å²) in [6, 6.07) is 6.51. The van der Waals surface area contributed by atoms with E-state index in [-0.39, 0.29) is 24.3 Å². The Morgan fingerprint density at radius 3 is 2.62 bits per heavy atom. The summed E-state index contributed by atoms with van der Waals surface area (Å²) in [4.78, 5) is 38.0. The normalized spacial score (nSPS) is 19.5. The Morgan fingerprint density at radius 2 is 2.00 bits per heavy atom. The number of anilines is 1. The van der Waals surface area contributed by atoms with E-state index in [9.17, 15) is 19.5 Å². The third-order valence-corrected chi connectivity index (χ3v) is 4.06. The van der Waals surface area contributed by atoms with E-state index in [1.54, 1.807) is 38.1 Å². The Balaban J connectivity index is 2.15. The topological polar surface area (TPSA) is 115 Å². The first-order valence-corrected chi connectivity index (χ1v) is 7.48. The zero-order valence-electron chi connectivity index (χ0n) is 13.3. The fraction of sp³-hybridized carbons (Fsp3) is 0.312. The summed E-state index contributed by atoms with van der Waals surface area (Å²) in [5, 5.41) is 16.1. The Hall–Kier alpha value is -2.87. The number of fused-ring (bicyclic) bond motifs is 1. The second-order valence-corrected chi connectivity index (χ2v) is 5.50. The number of ether oxygens (including phenoxy) is 1. The highest BCUT2D eigenvalue weighted by molar-refractivity contribution is 6.11. The van der Waals surface area contributed by atoms with Crippen molar-refractivity contribution in [1.29, 1.82) is 0 Å². The molecule has 3 N–H and O–H groups in total. The molecule has 1 aromatic carbocycles. The fourth-order valence-corrected chi connectivity index (χ4v) is 3.05. The van der Waals surface area contributed by atoms with Crippen molar-refractivity contribution in [3.8, 4) is 0 Å². The molecule has 1 unspecified atom stereocenters. The number of hydrogen-bond acceptors (Lipinski definition) is 5. The van der Waals surface area contributed by atoms with Crippen molar-refractivity contribution >= 4 is 17.6 Å². The number of aromatic amines is 2. The van der Waals surface area contributed by atoms with Gasteiger partial charge in [-0.25, -0.2) is 0 Å². The summed E-state index contributed by atoms with van der Waals surface area (Å²) < 4.78 is 4.88. The molecule has 0 radical (unpaired) electrons. The molecule has 3 rings (SSSR count). The molecule has 24 heavy (non-hydrogen) atoms. The van der Waals surface area contributed by atoms with E-state index < -0.39 is 23.0 Å². The van der Waals surface area contributed by atoms with Crippen LogP contribution in [-0.2, 0) is 19.9 Å². The van der Waals surface area contributed by atoms with E-state index in [0.717, 1.165) is 4.90 Å². The molecule has 0 fully saturated rings. The lowest BCUT2D eigenvalue weighted by Crippen LogP contribution is -2.45. The molecule has 2 aromatic rings. The van der Waals surface area contributed by atoms with Crippen LogP contribution < -0.4 is 10.5 Å². The van der Waals surface area contributed by atoms with Gasteiger partial charge in [0.15, 0.2) is 0 Å². The predicted octanol–water partition coefficient (Wildman–Crippen LogP) is 0.157. The second kappa shape index (κ2) is 5.64. The van der Waals surface area contributed by atoms with E-state index in [4.69, 9.17) is 4.74 Å². The number of H-pyrrole nitrogens is 2. The zero-order valence-corrected chi connectivity index (χ0v) is 13.3. The number of nitrogens with zero attached hydrogens (tertiary/aromatic N) is 1. The molecular weight excluding hydrogens is 314 g/mol. The minimum Gasteiger partial charge on any atom is -0.465 e. The van der Waals surface area contributed by atoms with Crippen LogP contribution in [-0.4, -0.2) is 40.3 Å². The molecule has 0 saturated heterocycles. The van der Waals surface area contributed by atoms with Gasteiger partial charge in [0.1, 0.15) is 6.54 Å². The van der Waals surface area contributed by atoms with Crippen LogP contribution in [0.2, 0.25) is 0 Å². The van der Waals surface area contributed by atoms with Crippen molar-refractivity contribution in [2.24, 2.45) is 0 Å². The third-order valence-electron chi connectivity index (χ3n) is 4.06. The number of aliphatic hydroxyl groups is 1.